The highest BCUT2D eigenvalue weighted by molar-refractivity contribution is 6.05. The molecule has 4 heteroatoms. The molecule has 2 amide bonds. The van der Waals surface area contributed by atoms with Crippen LogP contribution in [0.3, 0.4) is 0 Å². The Hall–Kier alpha value is -1.06. The third-order valence-electron chi connectivity index (χ3n) is 4.06. The van der Waals surface area contributed by atoms with E-state index in [4.69, 9.17) is 5.41 Å². The molecule has 0 aromatic carbocycles. The molecule has 2 N–H and O–H groups in total. The maximum Gasteiger partial charge on any atom is 0.323 e. The van der Waals surface area contributed by atoms with Crippen LogP contribution in [0, 0.1) is 17.2 Å². The maximum atomic E-state index is 11.8. The number of hydrogen-bond acceptors (Lipinski definition) is 2. The van der Waals surface area contributed by atoms with Crippen LogP contribution in [0.2, 0.25) is 0 Å². The number of nitrogens with zero attached hydrogens (tertiary/aromatic N) is 1. The van der Waals surface area contributed by atoms with Crippen molar-refractivity contribution in [3.8, 4) is 0 Å². The second-order valence-corrected chi connectivity index (χ2v) is 6.15. The molecule has 0 aromatic heterocycles. The third-order valence-corrected chi connectivity index (χ3v) is 4.06. The number of carbonyl (C=O) groups excluding carboxylic acids is 1. The van der Waals surface area contributed by atoms with Crippen LogP contribution in [0.25, 0.3) is 0 Å². The summed E-state index contributed by atoms with van der Waals surface area (Å²) in [6, 6.07) is -0.0718. The van der Waals surface area contributed by atoms with Crippen molar-refractivity contribution in [3.63, 3.8) is 0 Å². The summed E-state index contributed by atoms with van der Waals surface area (Å²) in [5.74, 6) is 1.56. The van der Waals surface area contributed by atoms with Gasteiger partial charge in [-0.3, -0.25) is 10.7 Å². The SMILES string of the molecule is CC(C)CN1C(=O)NC(=N)C1CC1CCCCC1. The summed E-state index contributed by atoms with van der Waals surface area (Å²) in [6.45, 7) is 4.99. The van der Waals surface area contributed by atoms with Crippen LogP contribution in [0.1, 0.15) is 52.4 Å². The summed E-state index contributed by atoms with van der Waals surface area (Å²) in [4.78, 5) is 13.7. The largest absolute Gasteiger partial charge is 0.323 e. The average molecular weight is 251 g/mol. The summed E-state index contributed by atoms with van der Waals surface area (Å²) >= 11 is 0. The van der Waals surface area contributed by atoms with Gasteiger partial charge in [0.15, 0.2) is 0 Å². The highest BCUT2D eigenvalue weighted by atomic mass is 16.2. The molecule has 1 saturated carbocycles. The zero-order valence-electron chi connectivity index (χ0n) is 11.5. The molecule has 2 fully saturated rings. The van der Waals surface area contributed by atoms with Crippen molar-refractivity contribution in [2.45, 2.75) is 58.4 Å². The van der Waals surface area contributed by atoms with E-state index in [1.54, 1.807) is 0 Å². The van der Waals surface area contributed by atoms with Crippen molar-refractivity contribution in [1.29, 1.82) is 5.41 Å². The van der Waals surface area contributed by atoms with Gasteiger partial charge in [-0.05, 0) is 18.3 Å². The summed E-state index contributed by atoms with van der Waals surface area (Å²) < 4.78 is 0. The molecule has 2 rings (SSSR count). The minimum Gasteiger partial charge on any atom is -0.314 e. The van der Waals surface area contributed by atoms with Gasteiger partial charge in [0, 0.05) is 6.54 Å². The highest BCUT2D eigenvalue weighted by Gasteiger charge is 2.37. The zero-order chi connectivity index (χ0) is 13.1. The van der Waals surface area contributed by atoms with Crippen LogP contribution in [0.4, 0.5) is 4.79 Å². The summed E-state index contributed by atoms with van der Waals surface area (Å²) in [7, 11) is 0. The van der Waals surface area contributed by atoms with E-state index in [1.807, 2.05) is 4.90 Å². The first kappa shape index (κ1) is 13.4. The molecule has 1 aliphatic carbocycles. The normalized spacial score (nSPS) is 25.9. The fourth-order valence-corrected chi connectivity index (χ4v) is 3.15. The van der Waals surface area contributed by atoms with E-state index in [0.29, 0.717) is 17.7 Å². The predicted molar refractivity (Wildman–Crippen MR) is 72.8 cm³/mol. The number of amidine groups is 1. The topological polar surface area (TPSA) is 56.2 Å². The Morgan fingerprint density at radius 2 is 2.00 bits per heavy atom. The molecule has 0 bridgehead atoms. The summed E-state index contributed by atoms with van der Waals surface area (Å²) in [5.41, 5.74) is 0. The van der Waals surface area contributed by atoms with E-state index in [1.165, 1.54) is 32.1 Å². The molecule has 1 heterocycles. The Labute approximate surface area is 110 Å². The molecule has 2 aliphatic rings. The number of carbonyl (C=O) groups is 1. The number of urea groups is 1. The summed E-state index contributed by atoms with van der Waals surface area (Å²) in [5, 5.41) is 10.6. The van der Waals surface area contributed by atoms with Gasteiger partial charge >= 0.3 is 6.03 Å². The van der Waals surface area contributed by atoms with Crippen molar-refractivity contribution >= 4 is 11.9 Å². The fraction of sp³-hybridized carbons (Fsp3) is 0.857. The minimum absolute atomic E-state index is 0.00278. The van der Waals surface area contributed by atoms with Crippen LogP contribution in [-0.4, -0.2) is 29.4 Å². The molecule has 0 aromatic rings. The van der Waals surface area contributed by atoms with E-state index in [0.717, 1.165) is 13.0 Å². The zero-order valence-corrected chi connectivity index (χ0v) is 11.5. The molecule has 1 aliphatic heterocycles. The second kappa shape index (κ2) is 5.72. The van der Waals surface area contributed by atoms with Gasteiger partial charge in [-0.25, -0.2) is 4.79 Å². The molecule has 1 unspecified atom stereocenters. The standard InChI is InChI=1S/C14H25N3O/c1-10(2)9-17-12(13(15)16-14(17)18)8-11-6-4-3-5-7-11/h10-12H,3-9H2,1-2H3,(H2,15,16,18). The first-order valence-corrected chi connectivity index (χ1v) is 7.24. The first-order chi connectivity index (χ1) is 8.58. The predicted octanol–water partition coefficient (Wildman–Crippen LogP) is 2.98. The first-order valence-electron chi connectivity index (χ1n) is 7.24. The van der Waals surface area contributed by atoms with Crippen molar-refractivity contribution in [1.82, 2.24) is 10.2 Å². The van der Waals surface area contributed by atoms with Crippen molar-refractivity contribution in [2.24, 2.45) is 11.8 Å². The minimum atomic E-state index is -0.0745. The van der Waals surface area contributed by atoms with Crippen molar-refractivity contribution in [3.05, 3.63) is 0 Å². The molecular formula is C14H25N3O. The third kappa shape index (κ3) is 3.03. The lowest BCUT2D eigenvalue weighted by Crippen LogP contribution is -2.39. The van der Waals surface area contributed by atoms with Gasteiger partial charge in [0.1, 0.15) is 5.84 Å². The Morgan fingerprint density at radius 3 is 2.61 bits per heavy atom. The smallest absolute Gasteiger partial charge is 0.314 e. The monoisotopic (exact) mass is 251 g/mol. The molecule has 1 saturated heterocycles. The van der Waals surface area contributed by atoms with Gasteiger partial charge in [0.05, 0.1) is 6.04 Å². The lowest BCUT2D eigenvalue weighted by atomic mass is 9.84. The lowest BCUT2D eigenvalue weighted by molar-refractivity contribution is 0.185. The van der Waals surface area contributed by atoms with Gasteiger partial charge in [0.25, 0.3) is 0 Å². The van der Waals surface area contributed by atoms with E-state index in [-0.39, 0.29) is 12.1 Å². The van der Waals surface area contributed by atoms with Crippen LogP contribution in [0.5, 0.6) is 0 Å². The van der Waals surface area contributed by atoms with E-state index < -0.39 is 0 Å². The summed E-state index contributed by atoms with van der Waals surface area (Å²) in [6.07, 6.45) is 7.50. The van der Waals surface area contributed by atoms with Gasteiger partial charge in [-0.2, -0.15) is 0 Å². The Balaban J connectivity index is 1.98. The number of rotatable bonds is 4. The molecule has 0 radical (unpaired) electrons. The van der Waals surface area contributed by atoms with E-state index >= 15 is 0 Å². The molecule has 102 valence electrons. The molecule has 18 heavy (non-hydrogen) atoms. The number of nitrogens with one attached hydrogen (secondary N) is 2. The Morgan fingerprint density at radius 1 is 1.33 bits per heavy atom. The van der Waals surface area contributed by atoms with Gasteiger partial charge in [0.2, 0.25) is 0 Å². The van der Waals surface area contributed by atoms with Crippen molar-refractivity contribution in [2.75, 3.05) is 6.54 Å². The van der Waals surface area contributed by atoms with Gasteiger partial charge in [-0.1, -0.05) is 46.0 Å². The molecule has 4 nitrogen and oxygen atoms in total. The van der Waals surface area contributed by atoms with Crippen molar-refractivity contribution < 1.29 is 4.79 Å². The molecule has 0 spiro atoms. The van der Waals surface area contributed by atoms with Crippen LogP contribution in [-0.2, 0) is 0 Å². The Kier molecular flexibility index (Phi) is 4.25. The van der Waals surface area contributed by atoms with Crippen LogP contribution < -0.4 is 5.32 Å². The number of amides is 2. The quantitative estimate of drug-likeness (QED) is 0.793. The second-order valence-electron chi connectivity index (χ2n) is 6.15. The average Bonchev–Trinajstić information content (AvgIpc) is 2.57. The van der Waals surface area contributed by atoms with E-state index in [9.17, 15) is 4.79 Å². The van der Waals surface area contributed by atoms with Gasteiger partial charge < -0.3 is 4.90 Å². The molecular weight excluding hydrogens is 226 g/mol. The maximum absolute atomic E-state index is 11.8. The lowest BCUT2D eigenvalue weighted by Gasteiger charge is -2.29. The van der Waals surface area contributed by atoms with E-state index in [2.05, 4.69) is 19.2 Å². The van der Waals surface area contributed by atoms with Crippen LogP contribution >= 0.6 is 0 Å². The fourth-order valence-electron chi connectivity index (χ4n) is 3.15. The van der Waals surface area contributed by atoms with Gasteiger partial charge in [-0.15, -0.1) is 0 Å². The Bertz CT molecular complexity index is 321. The highest BCUT2D eigenvalue weighted by Crippen LogP contribution is 2.30. The van der Waals surface area contributed by atoms with Crippen LogP contribution in [0.15, 0.2) is 0 Å². The number of hydrogen-bond donors (Lipinski definition) is 2. The molecule has 1 atom stereocenters.